The molecular weight excluding hydrogens is 264 g/mol. The van der Waals surface area contributed by atoms with Gasteiger partial charge in [-0.05, 0) is 17.0 Å². The first-order valence-corrected chi connectivity index (χ1v) is 13.9. The molecule has 104 valence electrons. The maximum atomic E-state index is 12.5. The standard InChI is InChI=1S/C16H26OSi2/c1-16(11-15(17)18(2,3)4)12-19(5,6)14-10-8-7-9-13(14)16/h7-10H,11-12H2,1-6H3. The van der Waals surface area contributed by atoms with Gasteiger partial charge in [-0.2, -0.15) is 0 Å². The lowest BCUT2D eigenvalue weighted by molar-refractivity contribution is -0.113. The van der Waals surface area contributed by atoms with Crippen LogP contribution in [0.15, 0.2) is 24.3 Å². The van der Waals surface area contributed by atoms with Gasteiger partial charge in [0.1, 0.15) is 13.5 Å². The molecule has 1 aliphatic heterocycles. The molecule has 0 saturated carbocycles. The van der Waals surface area contributed by atoms with Crippen molar-refractivity contribution < 1.29 is 4.79 Å². The van der Waals surface area contributed by atoms with Crippen LogP contribution in [-0.2, 0) is 10.2 Å². The minimum Gasteiger partial charge on any atom is -0.305 e. The van der Waals surface area contributed by atoms with Crippen LogP contribution in [0.4, 0.5) is 0 Å². The molecule has 0 aromatic heterocycles. The van der Waals surface area contributed by atoms with E-state index in [1.807, 2.05) is 0 Å². The molecule has 2 rings (SSSR count). The number of carbonyl (C=O) groups excluding carboxylic acids is 1. The lowest BCUT2D eigenvalue weighted by atomic mass is 9.82. The van der Waals surface area contributed by atoms with E-state index < -0.39 is 16.1 Å². The summed E-state index contributed by atoms with van der Waals surface area (Å²) in [7, 11) is -3.03. The van der Waals surface area contributed by atoms with Crippen molar-refractivity contribution in [1.29, 1.82) is 0 Å². The van der Waals surface area contributed by atoms with Crippen LogP contribution in [0.25, 0.3) is 0 Å². The monoisotopic (exact) mass is 290 g/mol. The Kier molecular flexibility index (Phi) is 3.42. The van der Waals surface area contributed by atoms with E-state index in [2.05, 4.69) is 63.9 Å². The second-order valence-electron chi connectivity index (χ2n) is 8.02. The number of hydrogen-bond donors (Lipinski definition) is 0. The Labute approximate surface area is 119 Å². The van der Waals surface area contributed by atoms with E-state index in [0.717, 1.165) is 6.42 Å². The second kappa shape index (κ2) is 4.42. The molecule has 1 aromatic carbocycles. The number of fused-ring (bicyclic) bond motifs is 1. The number of hydrogen-bond acceptors (Lipinski definition) is 1. The highest BCUT2D eigenvalue weighted by atomic mass is 28.3. The first kappa shape index (κ1) is 14.7. The molecule has 0 saturated heterocycles. The minimum atomic E-state index is -1.67. The fourth-order valence-electron chi connectivity index (χ4n) is 3.54. The second-order valence-corrected chi connectivity index (χ2v) is 17.7. The van der Waals surface area contributed by atoms with Gasteiger partial charge in [-0.15, -0.1) is 0 Å². The molecule has 0 bridgehead atoms. The Balaban J connectivity index is 2.39. The molecule has 0 fully saturated rings. The van der Waals surface area contributed by atoms with Crippen LogP contribution in [-0.4, -0.2) is 21.6 Å². The first-order valence-electron chi connectivity index (χ1n) is 7.20. The van der Waals surface area contributed by atoms with E-state index in [-0.39, 0.29) is 5.41 Å². The number of rotatable bonds is 3. The predicted octanol–water partition coefficient (Wildman–Crippen LogP) is 3.71. The highest BCUT2D eigenvalue weighted by Crippen LogP contribution is 2.42. The summed E-state index contributed by atoms with van der Waals surface area (Å²) in [5.74, 6) is 0. The zero-order chi connectivity index (χ0) is 14.5. The van der Waals surface area contributed by atoms with Crippen molar-refractivity contribution in [1.82, 2.24) is 0 Å². The average Bonchev–Trinajstić information content (AvgIpc) is 2.46. The van der Waals surface area contributed by atoms with Gasteiger partial charge in [0.15, 0.2) is 0 Å². The van der Waals surface area contributed by atoms with Crippen molar-refractivity contribution >= 4 is 26.7 Å². The topological polar surface area (TPSA) is 17.1 Å². The summed E-state index contributed by atoms with van der Waals surface area (Å²) in [6.45, 7) is 13.7. The molecule has 1 unspecified atom stereocenters. The summed E-state index contributed by atoms with van der Waals surface area (Å²) in [6, 6.07) is 10.1. The van der Waals surface area contributed by atoms with Crippen LogP contribution >= 0.6 is 0 Å². The molecule has 1 heterocycles. The summed E-state index contributed by atoms with van der Waals surface area (Å²) >= 11 is 0. The molecule has 0 amide bonds. The largest absolute Gasteiger partial charge is 0.305 e. The van der Waals surface area contributed by atoms with E-state index >= 15 is 0 Å². The van der Waals surface area contributed by atoms with E-state index in [0.29, 0.717) is 5.41 Å². The van der Waals surface area contributed by atoms with Crippen LogP contribution in [0, 0.1) is 0 Å². The van der Waals surface area contributed by atoms with Crippen molar-refractivity contribution in [3.63, 3.8) is 0 Å². The van der Waals surface area contributed by atoms with Gasteiger partial charge in [0.25, 0.3) is 0 Å². The van der Waals surface area contributed by atoms with Gasteiger partial charge in [-0.3, -0.25) is 0 Å². The Morgan fingerprint density at radius 1 is 1.26 bits per heavy atom. The molecule has 19 heavy (non-hydrogen) atoms. The highest BCUT2D eigenvalue weighted by Gasteiger charge is 2.47. The summed E-state index contributed by atoms with van der Waals surface area (Å²) in [5, 5.41) is 2.09. The SMILES string of the molecule is CC1(CC(=O)[Si](C)(C)C)C[Si](C)(C)c2ccccc21. The van der Waals surface area contributed by atoms with Crippen LogP contribution in [0.2, 0.25) is 38.8 Å². The number of carbonyl (C=O) groups is 1. The molecule has 0 radical (unpaired) electrons. The van der Waals surface area contributed by atoms with Gasteiger partial charge in [0, 0.05) is 6.42 Å². The van der Waals surface area contributed by atoms with Gasteiger partial charge in [-0.1, -0.05) is 69.1 Å². The molecule has 3 heteroatoms. The van der Waals surface area contributed by atoms with Crippen molar-refractivity contribution in [2.45, 2.75) is 57.5 Å². The third kappa shape index (κ3) is 2.63. The smallest absolute Gasteiger partial charge is 0.123 e. The lowest BCUT2D eigenvalue weighted by Gasteiger charge is -2.29. The van der Waals surface area contributed by atoms with Gasteiger partial charge in [0.05, 0.1) is 8.07 Å². The zero-order valence-electron chi connectivity index (χ0n) is 13.1. The molecule has 1 aromatic rings. The van der Waals surface area contributed by atoms with Crippen molar-refractivity contribution in [3.8, 4) is 0 Å². The van der Waals surface area contributed by atoms with Crippen LogP contribution < -0.4 is 5.19 Å². The Bertz CT molecular complexity index is 514. The minimum absolute atomic E-state index is 0.0870. The number of benzene rings is 1. The molecule has 0 N–H and O–H groups in total. The van der Waals surface area contributed by atoms with Gasteiger partial charge in [0.2, 0.25) is 0 Å². The Morgan fingerprint density at radius 3 is 2.42 bits per heavy atom. The fraction of sp³-hybridized carbons (Fsp3) is 0.562. The van der Waals surface area contributed by atoms with E-state index in [1.54, 1.807) is 5.19 Å². The molecular formula is C16H26OSi2. The van der Waals surface area contributed by atoms with Crippen molar-refractivity contribution in [2.75, 3.05) is 0 Å². The molecule has 0 spiro atoms. The van der Waals surface area contributed by atoms with Crippen molar-refractivity contribution in [3.05, 3.63) is 29.8 Å². The van der Waals surface area contributed by atoms with E-state index in [9.17, 15) is 4.79 Å². The van der Waals surface area contributed by atoms with Crippen LogP contribution in [0.1, 0.15) is 18.9 Å². The maximum absolute atomic E-state index is 12.5. The lowest BCUT2D eigenvalue weighted by Crippen LogP contribution is -2.39. The third-order valence-electron chi connectivity index (χ3n) is 4.53. The molecule has 1 aliphatic rings. The third-order valence-corrected chi connectivity index (χ3v) is 9.93. The van der Waals surface area contributed by atoms with Gasteiger partial charge in [-0.25, -0.2) is 0 Å². The molecule has 0 aliphatic carbocycles. The molecule has 1 atom stereocenters. The van der Waals surface area contributed by atoms with Crippen LogP contribution in [0.3, 0.4) is 0 Å². The predicted molar refractivity (Wildman–Crippen MR) is 88.7 cm³/mol. The zero-order valence-corrected chi connectivity index (χ0v) is 15.1. The summed E-state index contributed by atoms with van der Waals surface area (Å²) in [6.07, 6.45) is 0.746. The maximum Gasteiger partial charge on any atom is 0.123 e. The average molecular weight is 291 g/mol. The van der Waals surface area contributed by atoms with Crippen molar-refractivity contribution in [2.24, 2.45) is 0 Å². The first-order chi connectivity index (χ1) is 8.56. The Morgan fingerprint density at radius 2 is 1.84 bits per heavy atom. The molecule has 1 nitrogen and oxygen atoms in total. The van der Waals surface area contributed by atoms with Crippen LogP contribution in [0.5, 0.6) is 0 Å². The van der Waals surface area contributed by atoms with E-state index in [4.69, 9.17) is 0 Å². The normalized spacial score (nSPS) is 25.2. The van der Waals surface area contributed by atoms with Gasteiger partial charge >= 0.3 is 0 Å². The summed E-state index contributed by atoms with van der Waals surface area (Å²) < 4.78 is 0. The highest BCUT2D eigenvalue weighted by molar-refractivity contribution is 7.03. The Hall–Kier alpha value is -0.676. The van der Waals surface area contributed by atoms with Gasteiger partial charge < -0.3 is 4.79 Å². The fourth-order valence-corrected chi connectivity index (χ4v) is 8.58. The van der Waals surface area contributed by atoms with E-state index in [1.165, 1.54) is 11.6 Å². The quantitative estimate of drug-likeness (QED) is 0.776. The summed E-state index contributed by atoms with van der Waals surface area (Å²) in [4.78, 5) is 12.5. The summed E-state index contributed by atoms with van der Waals surface area (Å²) in [5.41, 5.74) is 1.54.